The summed E-state index contributed by atoms with van der Waals surface area (Å²) < 4.78 is 0. The molecule has 1 fully saturated rings. The fraction of sp³-hybridized carbons (Fsp3) is 0.200. The Balaban J connectivity index is 1.85. The number of aromatic amines is 1. The molecule has 0 aliphatic carbocycles. The molecule has 3 N–H and O–H groups in total. The fourth-order valence-corrected chi connectivity index (χ4v) is 3.96. The van der Waals surface area contributed by atoms with E-state index in [1.165, 1.54) is 5.56 Å². The number of hydrogen-bond donors (Lipinski definition) is 3. The standard InChI is InChI=1S/C20H20N4OS/c1-12-11-16(13(2)22-12)19-18(17-5-3-4-10-21-17)23-20(26)24(19)14-6-8-15(25)9-7-14/h3-11,18-19,22,25H,1-2H3,(H,23,26)/t18-,19+/m1/s1. The molecular weight excluding hydrogens is 344 g/mol. The van der Waals surface area contributed by atoms with Crippen LogP contribution in [0, 0.1) is 13.8 Å². The van der Waals surface area contributed by atoms with Gasteiger partial charge in [-0.15, -0.1) is 0 Å². The summed E-state index contributed by atoms with van der Waals surface area (Å²) in [4.78, 5) is 10.0. The number of hydrogen-bond acceptors (Lipinski definition) is 3. The van der Waals surface area contributed by atoms with Crippen LogP contribution in [0.2, 0.25) is 0 Å². The molecule has 6 heteroatoms. The zero-order chi connectivity index (χ0) is 18.3. The molecule has 2 aromatic heterocycles. The van der Waals surface area contributed by atoms with Gasteiger partial charge in [-0.05, 0) is 74.1 Å². The predicted octanol–water partition coefficient (Wildman–Crippen LogP) is 3.91. The van der Waals surface area contributed by atoms with Crippen LogP contribution in [0.15, 0.2) is 54.7 Å². The van der Waals surface area contributed by atoms with Gasteiger partial charge in [0, 0.05) is 23.3 Å². The van der Waals surface area contributed by atoms with Gasteiger partial charge in [0.2, 0.25) is 0 Å². The van der Waals surface area contributed by atoms with E-state index in [9.17, 15) is 5.11 Å². The molecule has 0 radical (unpaired) electrons. The van der Waals surface area contributed by atoms with Crippen LogP contribution < -0.4 is 10.2 Å². The Bertz CT molecular complexity index is 936. The van der Waals surface area contributed by atoms with Crippen molar-refractivity contribution < 1.29 is 5.11 Å². The number of rotatable bonds is 3. The average Bonchev–Trinajstić information content (AvgIpc) is 3.15. The molecule has 0 saturated carbocycles. The highest BCUT2D eigenvalue weighted by Gasteiger charge is 2.41. The summed E-state index contributed by atoms with van der Waals surface area (Å²) in [5.41, 5.74) is 5.28. The quantitative estimate of drug-likeness (QED) is 0.615. The van der Waals surface area contributed by atoms with Gasteiger partial charge in [0.15, 0.2) is 5.11 Å². The van der Waals surface area contributed by atoms with E-state index in [0.29, 0.717) is 5.11 Å². The Hall–Kier alpha value is -2.86. The van der Waals surface area contributed by atoms with Gasteiger partial charge in [0.25, 0.3) is 0 Å². The minimum absolute atomic E-state index is 0.0353. The number of phenolic OH excluding ortho intramolecular Hbond substituents is 1. The molecule has 1 saturated heterocycles. The highest BCUT2D eigenvalue weighted by Crippen LogP contribution is 2.42. The molecule has 0 bridgehead atoms. The van der Waals surface area contributed by atoms with E-state index in [1.54, 1.807) is 18.3 Å². The first kappa shape index (κ1) is 16.6. The van der Waals surface area contributed by atoms with E-state index < -0.39 is 0 Å². The van der Waals surface area contributed by atoms with Crippen molar-refractivity contribution in [1.29, 1.82) is 0 Å². The predicted molar refractivity (Wildman–Crippen MR) is 106 cm³/mol. The molecule has 4 rings (SSSR count). The van der Waals surface area contributed by atoms with Crippen molar-refractivity contribution >= 4 is 23.0 Å². The first-order valence-corrected chi connectivity index (χ1v) is 8.91. The summed E-state index contributed by atoms with van der Waals surface area (Å²) in [6, 6.07) is 15.1. The van der Waals surface area contributed by atoms with Crippen molar-refractivity contribution in [2.24, 2.45) is 0 Å². The van der Waals surface area contributed by atoms with Crippen molar-refractivity contribution in [3.63, 3.8) is 0 Å². The Morgan fingerprint density at radius 2 is 1.88 bits per heavy atom. The van der Waals surface area contributed by atoms with Crippen molar-refractivity contribution in [2.45, 2.75) is 25.9 Å². The molecule has 0 amide bonds. The lowest BCUT2D eigenvalue weighted by atomic mass is 9.96. The van der Waals surface area contributed by atoms with Gasteiger partial charge < -0.3 is 20.3 Å². The summed E-state index contributed by atoms with van der Waals surface area (Å²) in [6.07, 6.45) is 1.80. The molecule has 0 unspecified atom stereocenters. The van der Waals surface area contributed by atoms with Crippen molar-refractivity contribution in [1.82, 2.24) is 15.3 Å². The van der Waals surface area contributed by atoms with Gasteiger partial charge in [-0.3, -0.25) is 4.98 Å². The number of aryl methyl sites for hydroxylation is 2. The Morgan fingerprint density at radius 1 is 1.12 bits per heavy atom. The summed E-state index contributed by atoms with van der Waals surface area (Å²) in [5, 5.41) is 13.7. The molecule has 132 valence electrons. The van der Waals surface area contributed by atoms with Gasteiger partial charge in [0.05, 0.1) is 17.8 Å². The second kappa shape index (κ2) is 6.46. The second-order valence-electron chi connectivity index (χ2n) is 6.55. The number of benzene rings is 1. The number of thiocarbonyl (C=S) groups is 1. The number of aromatic hydroxyl groups is 1. The minimum Gasteiger partial charge on any atom is -0.508 e. The molecule has 3 aromatic rings. The highest BCUT2D eigenvalue weighted by atomic mass is 32.1. The number of anilines is 1. The van der Waals surface area contributed by atoms with Gasteiger partial charge in [-0.25, -0.2) is 0 Å². The normalized spacial score (nSPS) is 19.6. The first-order valence-electron chi connectivity index (χ1n) is 8.50. The van der Waals surface area contributed by atoms with Gasteiger partial charge in [-0.1, -0.05) is 6.07 Å². The number of nitrogens with one attached hydrogen (secondary N) is 2. The SMILES string of the molecule is Cc1cc([C@H]2[C@@H](c3ccccn3)NC(=S)N2c2ccc(O)cc2)c(C)[nH]1. The third-order valence-corrected chi connectivity index (χ3v) is 5.05. The molecule has 1 aliphatic heterocycles. The van der Waals surface area contributed by atoms with Crippen LogP contribution in [0.25, 0.3) is 0 Å². The molecular formula is C20H20N4OS. The van der Waals surface area contributed by atoms with Crippen LogP contribution in [-0.4, -0.2) is 20.2 Å². The average molecular weight is 364 g/mol. The smallest absolute Gasteiger partial charge is 0.174 e. The van der Waals surface area contributed by atoms with Gasteiger partial charge in [0.1, 0.15) is 5.75 Å². The topological polar surface area (TPSA) is 64.2 Å². The first-order chi connectivity index (χ1) is 12.5. The van der Waals surface area contributed by atoms with E-state index in [0.717, 1.165) is 22.8 Å². The number of nitrogens with zero attached hydrogens (tertiary/aromatic N) is 2. The van der Waals surface area contributed by atoms with Crippen molar-refractivity contribution in [3.8, 4) is 5.75 Å². The molecule has 2 atom stereocenters. The van der Waals surface area contributed by atoms with Crippen LogP contribution in [0.5, 0.6) is 5.75 Å². The zero-order valence-electron chi connectivity index (χ0n) is 14.6. The van der Waals surface area contributed by atoms with Gasteiger partial charge >= 0.3 is 0 Å². The summed E-state index contributed by atoms with van der Waals surface area (Å²) in [5.74, 6) is 0.235. The van der Waals surface area contributed by atoms with Crippen LogP contribution in [-0.2, 0) is 0 Å². The number of pyridine rings is 1. The van der Waals surface area contributed by atoms with E-state index in [-0.39, 0.29) is 17.8 Å². The Morgan fingerprint density at radius 3 is 2.50 bits per heavy atom. The fourth-order valence-electron chi connectivity index (χ4n) is 3.61. The second-order valence-corrected chi connectivity index (χ2v) is 6.93. The Kier molecular flexibility index (Phi) is 4.12. The van der Waals surface area contributed by atoms with E-state index >= 15 is 0 Å². The number of phenols is 1. The van der Waals surface area contributed by atoms with E-state index in [1.807, 2.05) is 30.3 Å². The monoisotopic (exact) mass is 364 g/mol. The molecule has 5 nitrogen and oxygen atoms in total. The van der Waals surface area contributed by atoms with E-state index in [4.69, 9.17) is 12.2 Å². The van der Waals surface area contributed by atoms with Crippen molar-refractivity contribution in [2.75, 3.05) is 4.90 Å². The lowest BCUT2D eigenvalue weighted by molar-refractivity contribution is 0.475. The van der Waals surface area contributed by atoms with Crippen LogP contribution in [0.3, 0.4) is 0 Å². The zero-order valence-corrected chi connectivity index (χ0v) is 15.4. The number of aromatic nitrogens is 2. The summed E-state index contributed by atoms with van der Waals surface area (Å²) in [7, 11) is 0. The summed E-state index contributed by atoms with van der Waals surface area (Å²) >= 11 is 5.67. The van der Waals surface area contributed by atoms with Crippen LogP contribution >= 0.6 is 12.2 Å². The Labute approximate surface area is 157 Å². The minimum atomic E-state index is -0.0635. The molecule has 0 spiro atoms. The maximum atomic E-state index is 9.64. The third-order valence-electron chi connectivity index (χ3n) is 4.73. The maximum absolute atomic E-state index is 9.64. The largest absolute Gasteiger partial charge is 0.508 e. The van der Waals surface area contributed by atoms with Gasteiger partial charge in [-0.2, -0.15) is 0 Å². The van der Waals surface area contributed by atoms with Crippen molar-refractivity contribution in [3.05, 3.63) is 77.4 Å². The van der Waals surface area contributed by atoms with Crippen LogP contribution in [0.1, 0.15) is 34.7 Å². The maximum Gasteiger partial charge on any atom is 0.174 e. The van der Waals surface area contributed by atoms with E-state index in [2.05, 4.69) is 40.1 Å². The summed E-state index contributed by atoms with van der Waals surface area (Å²) in [6.45, 7) is 4.13. The molecule has 3 heterocycles. The molecule has 26 heavy (non-hydrogen) atoms. The molecule has 1 aromatic carbocycles. The molecule has 1 aliphatic rings. The lowest BCUT2D eigenvalue weighted by Crippen LogP contribution is -2.29. The number of H-pyrrole nitrogens is 1. The highest BCUT2D eigenvalue weighted by molar-refractivity contribution is 7.80. The van der Waals surface area contributed by atoms with Crippen LogP contribution in [0.4, 0.5) is 5.69 Å². The lowest BCUT2D eigenvalue weighted by Gasteiger charge is -2.28. The third kappa shape index (κ3) is 2.82.